The summed E-state index contributed by atoms with van der Waals surface area (Å²) < 4.78 is 0. The lowest BCUT2D eigenvalue weighted by molar-refractivity contribution is -0.108. The summed E-state index contributed by atoms with van der Waals surface area (Å²) in [6, 6.07) is 0. The van der Waals surface area contributed by atoms with E-state index in [4.69, 9.17) is 0 Å². The molecular formula is C5H9N3O. The van der Waals surface area contributed by atoms with Gasteiger partial charge in [-0.1, -0.05) is 0 Å². The third-order valence-corrected chi connectivity index (χ3v) is 1.11. The van der Waals surface area contributed by atoms with E-state index in [0.29, 0.717) is 13.0 Å². The highest BCUT2D eigenvalue weighted by atomic mass is 16.1. The van der Waals surface area contributed by atoms with Gasteiger partial charge in [0.15, 0.2) is 0 Å². The maximum atomic E-state index is 9.85. The third-order valence-electron chi connectivity index (χ3n) is 1.11. The van der Waals surface area contributed by atoms with Crippen LogP contribution in [0.3, 0.4) is 0 Å². The van der Waals surface area contributed by atoms with Crippen molar-refractivity contribution in [2.24, 2.45) is 4.99 Å². The van der Waals surface area contributed by atoms with Gasteiger partial charge in [0.05, 0.1) is 13.1 Å². The van der Waals surface area contributed by atoms with Crippen molar-refractivity contribution in [3.8, 4) is 0 Å². The van der Waals surface area contributed by atoms with Crippen LogP contribution in [0.15, 0.2) is 4.99 Å². The van der Waals surface area contributed by atoms with E-state index in [1.54, 1.807) is 0 Å². The number of hydrogen-bond acceptors (Lipinski definition) is 3. The summed E-state index contributed by atoms with van der Waals surface area (Å²) in [5.41, 5.74) is 0. The number of aliphatic imine (C=N–C) groups is 1. The summed E-state index contributed by atoms with van der Waals surface area (Å²) >= 11 is 0. The van der Waals surface area contributed by atoms with E-state index < -0.39 is 0 Å². The molecule has 4 heteroatoms. The molecule has 0 aromatic heterocycles. The standard InChI is InChI=1S/C5H9N3O/c9-4-8-5-3-6-1-2-7-5/h4,6H,1-3H2,(H,7,8,9). The van der Waals surface area contributed by atoms with Crippen molar-refractivity contribution in [1.82, 2.24) is 10.6 Å². The number of amides is 1. The molecule has 0 aliphatic carbocycles. The second-order valence-electron chi connectivity index (χ2n) is 1.77. The van der Waals surface area contributed by atoms with Crippen LogP contribution in [0.25, 0.3) is 0 Å². The average molecular weight is 127 g/mol. The Morgan fingerprint density at radius 2 is 2.67 bits per heavy atom. The van der Waals surface area contributed by atoms with Gasteiger partial charge in [-0.3, -0.25) is 9.79 Å². The molecule has 0 aromatic rings. The van der Waals surface area contributed by atoms with E-state index in [1.165, 1.54) is 0 Å². The van der Waals surface area contributed by atoms with Crippen LogP contribution in [0.5, 0.6) is 0 Å². The van der Waals surface area contributed by atoms with Gasteiger partial charge < -0.3 is 10.6 Å². The van der Waals surface area contributed by atoms with E-state index in [2.05, 4.69) is 15.6 Å². The summed E-state index contributed by atoms with van der Waals surface area (Å²) in [5.74, 6) is 0.733. The molecule has 0 unspecified atom stereocenters. The Balaban J connectivity index is 2.36. The predicted molar refractivity (Wildman–Crippen MR) is 34.4 cm³/mol. The molecule has 1 amide bonds. The smallest absolute Gasteiger partial charge is 0.212 e. The van der Waals surface area contributed by atoms with E-state index in [1.807, 2.05) is 0 Å². The van der Waals surface area contributed by atoms with Crippen LogP contribution in [0.4, 0.5) is 0 Å². The predicted octanol–water partition coefficient (Wildman–Crippen LogP) is -1.27. The van der Waals surface area contributed by atoms with Gasteiger partial charge in [-0.25, -0.2) is 0 Å². The van der Waals surface area contributed by atoms with Gasteiger partial charge in [0, 0.05) is 6.54 Å². The molecule has 50 valence electrons. The average Bonchev–Trinajstić information content (AvgIpc) is 1.91. The lowest BCUT2D eigenvalue weighted by Gasteiger charge is -2.10. The van der Waals surface area contributed by atoms with Gasteiger partial charge >= 0.3 is 0 Å². The summed E-state index contributed by atoms with van der Waals surface area (Å²) in [6.07, 6.45) is 0.645. The van der Waals surface area contributed by atoms with Crippen molar-refractivity contribution in [2.45, 2.75) is 0 Å². The van der Waals surface area contributed by atoms with Crippen molar-refractivity contribution in [2.75, 3.05) is 19.6 Å². The molecule has 1 aliphatic rings. The molecule has 1 rings (SSSR count). The van der Waals surface area contributed by atoms with Gasteiger partial charge in [0.25, 0.3) is 0 Å². The second-order valence-corrected chi connectivity index (χ2v) is 1.77. The minimum absolute atomic E-state index is 0.645. The molecule has 0 atom stereocenters. The fraction of sp³-hybridized carbons (Fsp3) is 0.600. The zero-order chi connectivity index (χ0) is 6.53. The van der Waals surface area contributed by atoms with Gasteiger partial charge in [-0.05, 0) is 0 Å². The highest BCUT2D eigenvalue weighted by molar-refractivity contribution is 5.92. The highest BCUT2D eigenvalue weighted by Gasteiger charge is 2.00. The minimum Gasteiger partial charge on any atom is -0.316 e. The zero-order valence-electron chi connectivity index (χ0n) is 5.05. The molecule has 0 aromatic carbocycles. The molecule has 0 saturated carbocycles. The summed E-state index contributed by atoms with van der Waals surface area (Å²) in [6.45, 7) is 2.35. The third kappa shape index (κ3) is 1.81. The van der Waals surface area contributed by atoms with Crippen molar-refractivity contribution in [3.05, 3.63) is 0 Å². The number of amidine groups is 1. The fourth-order valence-corrected chi connectivity index (χ4v) is 0.697. The molecule has 2 N–H and O–H groups in total. The van der Waals surface area contributed by atoms with Crippen LogP contribution in [0, 0.1) is 0 Å². The molecule has 4 nitrogen and oxygen atoms in total. The SMILES string of the molecule is O=CNC1=NCCNC1. The molecule has 0 bridgehead atoms. The van der Waals surface area contributed by atoms with Crippen molar-refractivity contribution < 1.29 is 4.79 Å². The van der Waals surface area contributed by atoms with Crippen LogP contribution in [-0.4, -0.2) is 31.9 Å². The first-order chi connectivity index (χ1) is 4.43. The number of carbonyl (C=O) groups excluding carboxylic acids is 1. The maximum absolute atomic E-state index is 9.85. The van der Waals surface area contributed by atoms with Crippen molar-refractivity contribution in [1.29, 1.82) is 0 Å². The maximum Gasteiger partial charge on any atom is 0.212 e. The lowest BCUT2D eigenvalue weighted by atomic mass is 10.4. The van der Waals surface area contributed by atoms with Crippen molar-refractivity contribution >= 4 is 12.2 Å². The van der Waals surface area contributed by atoms with E-state index in [-0.39, 0.29) is 0 Å². The number of hydrogen-bond donors (Lipinski definition) is 2. The summed E-state index contributed by atoms with van der Waals surface area (Å²) in [7, 11) is 0. The van der Waals surface area contributed by atoms with Crippen molar-refractivity contribution in [3.63, 3.8) is 0 Å². The molecule has 0 saturated heterocycles. The Morgan fingerprint density at radius 3 is 3.22 bits per heavy atom. The van der Waals surface area contributed by atoms with E-state index >= 15 is 0 Å². The largest absolute Gasteiger partial charge is 0.316 e. The first-order valence-corrected chi connectivity index (χ1v) is 2.87. The van der Waals surface area contributed by atoms with Gasteiger partial charge in [-0.2, -0.15) is 0 Å². The van der Waals surface area contributed by atoms with Gasteiger partial charge in [0.2, 0.25) is 6.41 Å². The molecule has 0 radical (unpaired) electrons. The molecule has 1 heterocycles. The Bertz CT molecular complexity index is 132. The Labute approximate surface area is 53.3 Å². The zero-order valence-corrected chi connectivity index (χ0v) is 5.05. The highest BCUT2D eigenvalue weighted by Crippen LogP contribution is 1.78. The first kappa shape index (κ1) is 6.22. The van der Waals surface area contributed by atoms with E-state index in [9.17, 15) is 4.79 Å². The van der Waals surface area contributed by atoms with Crippen LogP contribution in [0.1, 0.15) is 0 Å². The fourth-order valence-electron chi connectivity index (χ4n) is 0.697. The normalized spacial score (nSPS) is 18.4. The number of carbonyl (C=O) groups is 1. The van der Waals surface area contributed by atoms with Crippen LogP contribution < -0.4 is 10.6 Å². The van der Waals surface area contributed by atoms with Crippen LogP contribution in [-0.2, 0) is 4.79 Å². The topological polar surface area (TPSA) is 53.5 Å². The molecule has 0 spiro atoms. The quantitative estimate of drug-likeness (QED) is 0.432. The minimum atomic E-state index is 0.645. The number of rotatable bonds is 1. The summed E-state index contributed by atoms with van der Waals surface area (Å²) in [4.78, 5) is 13.9. The van der Waals surface area contributed by atoms with E-state index in [0.717, 1.165) is 18.9 Å². The molecule has 9 heavy (non-hydrogen) atoms. The Morgan fingerprint density at radius 1 is 1.78 bits per heavy atom. The molecule has 0 fully saturated rings. The summed E-state index contributed by atoms with van der Waals surface area (Å²) in [5, 5.41) is 5.56. The lowest BCUT2D eigenvalue weighted by Crippen LogP contribution is -2.38. The van der Waals surface area contributed by atoms with Gasteiger partial charge in [0.1, 0.15) is 5.84 Å². The number of nitrogens with one attached hydrogen (secondary N) is 2. The molecular weight excluding hydrogens is 118 g/mol. The Hall–Kier alpha value is -0.900. The second kappa shape index (κ2) is 3.19. The van der Waals surface area contributed by atoms with Gasteiger partial charge in [-0.15, -0.1) is 0 Å². The first-order valence-electron chi connectivity index (χ1n) is 2.87. The molecule has 1 aliphatic heterocycles. The monoisotopic (exact) mass is 127 g/mol. The van der Waals surface area contributed by atoms with Crippen LogP contribution >= 0.6 is 0 Å². The van der Waals surface area contributed by atoms with Crippen LogP contribution in [0.2, 0.25) is 0 Å². The number of nitrogens with zero attached hydrogens (tertiary/aromatic N) is 1. The Kier molecular flexibility index (Phi) is 2.21.